The van der Waals surface area contributed by atoms with Gasteiger partial charge in [0.25, 0.3) is 0 Å². The molecule has 0 saturated heterocycles. The number of halogens is 2. The second-order valence-corrected chi connectivity index (χ2v) is 8.01. The van der Waals surface area contributed by atoms with Gasteiger partial charge in [-0.1, -0.05) is 44.0 Å². The van der Waals surface area contributed by atoms with E-state index in [4.69, 9.17) is 9.47 Å². The first kappa shape index (κ1) is 19.9. The minimum absolute atomic E-state index is 0.117. The Morgan fingerprint density at radius 2 is 1.26 bits per heavy atom. The topological polar surface area (TPSA) is 35.5 Å². The van der Waals surface area contributed by atoms with Crippen LogP contribution in [0.4, 0.5) is 0 Å². The summed E-state index contributed by atoms with van der Waals surface area (Å²) in [7, 11) is 3.28. The highest BCUT2D eigenvalue weighted by atomic mass is 79.9. The van der Waals surface area contributed by atoms with E-state index in [9.17, 15) is 4.79 Å². The molecule has 1 saturated carbocycles. The average Bonchev–Trinajstić information content (AvgIpc) is 2.67. The fraction of sp³-hybridized carbons (Fsp3) is 0.227. The van der Waals surface area contributed by atoms with Gasteiger partial charge in [0.2, 0.25) is 0 Å². The molecule has 2 aromatic rings. The molecule has 0 N–H and O–H groups in total. The molecule has 0 unspecified atom stereocenters. The van der Waals surface area contributed by atoms with Gasteiger partial charge >= 0.3 is 0 Å². The zero-order valence-corrected chi connectivity index (χ0v) is 18.4. The number of hydrogen-bond donors (Lipinski definition) is 0. The molecule has 0 radical (unpaired) electrons. The van der Waals surface area contributed by atoms with E-state index >= 15 is 0 Å². The molecule has 0 atom stereocenters. The average molecular weight is 492 g/mol. The largest absolute Gasteiger partial charge is 0.497 e. The number of hydrogen-bond acceptors (Lipinski definition) is 3. The molecule has 27 heavy (non-hydrogen) atoms. The normalized spacial score (nSPS) is 17.4. The third-order valence-electron chi connectivity index (χ3n) is 4.55. The molecule has 0 aliphatic heterocycles. The van der Waals surface area contributed by atoms with Crippen molar-refractivity contribution in [3.8, 4) is 11.5 Å². The minimum Gasteiger partial charge on any atom is -0.497 e. The van der Waals surface area contributed by atoms with Gasteiger partial charge in [-0.15, -0.1) is 0 Å². The van der Waals surface area contributed by atoms with Gasteiger partial charge in [0.15, 0.2) is 5.78 Å². The van der Waals surface area contributed by atoms with Crippen LogP contribution in [0, 0.1) is 0 Å². The lowest BCUT2D eigenvalue weighted by Gasteiger charge is -2.17. The van der Waals surface area contributed by atoms with Crippen LogP contribution in [0.2, 0.25) is 0 Å². The zero-order chi connectivity index (χ0) is 19.4. The molecule has 3 rings (SSSR count). The highest BCUT2D eigenvalue weighted by molar-refractivity contribution is 9.10. The van der Waals surface area contributed by atoms with Crippen LogP contribution in [0.5, 0.6) is 11.5 Å². The summed E-state index contributed by atoms with van der Waals surface area (Å²) in [6.45, 7) is 0. The number of ether oxygens (including phenoxy) is 2. The van der Waals surface area contributed by atoms with Crippen LogP contribution >= 0.6 is 31.9 Å². The second kappa shape index (κ2) is 8.89. The SMILES string of the molecule is COc1ccc(/C=C2\CCC/C(=C\c3ccc(OC)cc3Br)C2=O)c(Br)c1. The Morgan fingerprint density at radius 3 is 1.63 bits per heavy atom. The number of allylic oxidation sites excluding steroid dienone is 2. The van der Waals surface area contributed by atoms with Crippen molar-refractivity contribution in [1.29, 1.82) is 0 Å². The molecule has 0 bridgehead atoms. The van der Waals surface area contributed by atoms with Crippen LogP contribution in [0.3, 0.4) is 0 Å². The molecule has 140 valence electrons. The van der Waals surface area contributed by atoms with Gasteiger partial charge in [0, 0.05) is 20.1 Å². The number of rotatable bonds is 4. The molecule has 0 heterocycles. The first-order chi connectivity index (χ1) is 13.0. The number of carbonyl (C=O) groups is 1. The van der Waals surface area contributed by atoms with Crippen molar-refractivity contribution in [3.05, 3.63) is 67.6 Å². The molecule has 2 aromatic carbocycles. The zero-order valence-electron chi connectivity index (χ0n) is 15.2. The van der Waals surface area contributed by atoms with Gasteiger partial charge in [-0.3, -0.25) is 4.79 Å². The summed E-state index contributed by atoms with van der Waals surface area (Å²) in [5.41, 5.74) is 3.63. The van der Waals surface area contributed by atoms with Gasteiger partial charge in [-0.25, -0.2) is 0 Å². The summed E-state index contributed by atoms with van der Waals surface area (Å²) in [6.07, 6.45) is 6.49. The highest BCUT2D eigenvalue weighted by Crippen LogP contribution is 2.32. The summed E-state index contributed by atoms with van der Waals surface area (Å²) in [5.74, 6) is 1.68. The highest BCUT2D eigenvalue weighted by Gasteiger charge is 2.21. The molecule has 1 aliphatic rings. The van der Waals surface area contributed by atoms with Crippen molar-refractivity contribution in [2.24, 2.45) is 0 Å². The summed E-state index contributed by atoms with van der Waals surface area (Å²) < 4.78 is 12.3. The van der Waals surface area contributed by atoms with Crippen molar-refractivity contribution in [1.82, 2.24) is 0 Å². The number of carbonyl (C=O) groups excluding carboxylic acids is 1. The van der Waals surface area contributed by atoms with Crippen molar-refractivity contribution < 1.29 is 14.3 Å². The predicted octanol–water partition coefficient (Wildman–Crippen LogP) is 6.45. The summed E-state index contributed by atoms with van der Waals surface area (Å²) in [5, 5.41) is 0. The molecular weight excluding hydrogens is 472 g/mol. The van der Waals surface area contributed by atoms with Crippen molar-refractivity contribution in [2.75, 3.05) is 14.2 Å². The maximum atomic E-state index is 13.0. The lowest BCUT2D eigenvalue weighted by molar-refractivity contribution is -0.112. The monoisotopic (exact) mass is 490 g/mol. The number of Topliss-reactive ketones (excluding diaryl/α,β-unsaturated/α-hetero) is 1. The first-order valence-corrected chi connectivity index (χ1v) is 10.2. The fourth-order valence-corrected chi connectivity index (χ4v) is 4.00. The second-order valence-electron chi connectivity index (χ2n) is 6.30. The fourth-order valence-electron chi connectivity index (χ4n) is 3.06. The Bertz CT molecular complexity index is 856. The maximum Gasteiger partial charge on any atom is 0.185 e. The lowest BCUT2D eigenvalue weighted by Crippen LogP contribution is -2.12. The predicted molar refractivity (Wildman–Crippen MR) is 116 cm³/mol. The Kier molecular flexibility index (Phi) is 6.55. The molecular formula is C22H20Br2O3. The van der Waals surface area contributed by atoms with Gasteiger partial charge in [0.05, 0.1) is 14.2 Å². The quantitative estimate of drug-likeness (QED) is 0.461. The van der Waals surface area contributed by atoms with Crippen LogP contribution in [0.25, 0.3) is 12.2 Å². The summed E-state index contributed by atoms with van der Waals surface area (Å²) in [4.78, 5) is 13.0. The number of methoxy groups -OCH3 is 2. The van der Waals surface area contributed by atoms with E-state index in [2.05, 4.69) is 31.9 Å². The van der Waals surface area contributed by atoms with E-state index < -0.39 is 0 Å². The van der Waals surface area contributed by atoms with Crippen molar-refractivity contribution >= 4 is 49.8 Å². The Morgan fingerprint density at radius 1 is 0.815 bits per heavy atom. The van der Waals surface area contributed by atoms with Gasteiger partial charge < -0.3 is 9.47 Å². The van der Waals surface area contributed by atoms with Crippen molar-refractivity contribution in [2.45, 2.75) is 19.3 Å². The van der Waals surface area contributed by atoms with E-state index in [-0.39, 0.29) is 5.78 Å². The van der Waals surface area contributed by atoms with E-state index in [0.717, 1.165) is 62.0 Å². The summed E-state index contributed by atoms with van der Waals surface area (Å²) >= 11 is 7.12. The molecule has 0 aromatic heterocycles. The third-order valence-corrected chi connectivity index (χ3v) is 5.92. The number of ketones is 1. The van der Waals surface area contributed by atoms with E-state index in [1.54, 1.807) is 14.2 Å². The Balaban J connectivity index is 1.90. The molecule has 0 amide bonds. The van der Waals surface area contributed by atoms with Crippen LogP contribution in [-0.4, -0.2) is 20.0 Å². The van der Waals surface area contributed by atoms with Crippen LogP contribution in [-0.2, 0) is 4.79 Å². The first-order valence-electron chi connectivity index (χ1n) is 8.64. The molecule has 0 spiro atoms. The molecule has 1 aliphatic carbocycles. The Hall–Kier alpha value is -1.85. The van der Waals surface area contributed by atoms with E-state index in [0.29, 0.717) is 0 Å². The van der Waals surface area contributed by atoms with Crippen LogP contribution < -0.4 is 9.47 Å². The number of benzene rings is 2. The van der Waals surface area contributed by atoms with Gasteiger partial charge in [-0.05, 0) is 66.8 Å². The van der Waals surface area contributed by atoms with Crippen LogP contribution in [0.1, 0.15) is 30.4 Å². The summed E-state index contributed by atoms with van der Waals surface area (Å²) in [6, 6.07) is 11.5. The smallest absolute Gasteiger partial charge is 0.185 e. The van der Waals surface area contributed by atoms with Gasteiger partial charge in [0.1, 0.15) is 11.5 Å². The minimum atomic E-state index is 0.117. The Labute approximate surface area is 176 Å². The van der Waals surface area contributed by atoms with Crippen LogP contribution in [0.15, 0.2) is 56.5 Å². The van der Waals surface area contributed by atoms with E-state index in [1.807, 2.05) is 48.6 Å². The third kappa shape index (κ3) is 4.71. The molecule has 3 nitrogen and oxygen atoms in total. The standard InChI is InChI=1S/C22H20Br2O3/c1-26-18-8-6-14(20(23)12-18)10-16-4-3-5-17(22(16)25)11-15-7-9-19(27-2)13-21(15)24/h6-13H,3-5H2,1-2H3/b16-10+,17-11+. The van der Waals surface area contributed by atoms with Crippen molar-refractivity contribution in [3.63, 3.8) is 0 Å². The van der Waals surface area contributed by atoms with Gasteiger partial charge in [-0.2, -0.15) is 0 Å². The molecule has 1 fully saturated rings. The molecule has 5 heteroatoms. The maximum absolute atomic E-state index is 13.0. The lowest BCUT2D eigenvalue weighted by atomic mass is 9.87. The van der Waals surface area contributed by atoms with E-state index in [1.165, 1.54) is 0 Å².